The van der Waals surface area contributed by atoms with Crippen molar-refractivity contribution in [2.45, 2.75) is 6.92 Å². The number of phenols is 1. The molecule has 7 heteroatoms. The number of carbonyl (C=O) groups excluding carboxylic acids is 1. The van der Waals surface area contributed by atoms with Gasteiger partial charge in [-0.1, -0.05) is 46.3 Å². The number of aliphatic imine (C=N–C) groups is 1. The molecule has 3 aromatic carbocycles. The Balaban J connectivity index is 1.56. The molecule has 0 saturated heterocycles. The summed E-state index contributed by atoms with van der Waals surface area (Å²) >= 11 is 3.37. The van der Waals surface area contributed by atoms with Gasteiger partial charge in [-0.25, -0.2) is 5.43 Å². The molecule has 30 heavy (non-hydrogen) atoms. The van der Waals surface area contributed by atoms with Gasteiger partial charge in [-0.15, -0.1) is 0 Å². The number of ether oxygens (including phenoxy) is 1. The Kier molecular flexibility index (Phi) is 7.34. The van der Waals surface area contributed by atoms with E-state index in [0.717, 1.165) is 15.7 Å². The molecule has 0 atom stereocenters. The molecule has 0 aliphatic rings. The lowest BCUT2D eigenvalue weighted by atomic mass is 10.1. The third-order valence-corrected chi connectivity index (χ3v) is 4.58. The maximum absolute atomic E-state index is 11.9. The van der Waals surface area contributed by atoms with E-state index in [4.69, 9.17) is 4.74 Å². The van der Waals surface area contributed by atoms with Gasteiger partial charge in [-0.2, -0.15) is 5.10 Å². The van der Waals surface area contributed by atoms with E-state index < -0.39 is 0 Å². The van der Waals surface area contributed by atoms with E-state index in [1.807, 2.05) is 42.5 Å². The topological polar surface area (TPSA) is 83.3 Å². The van der Waals surface area contributed by atoms with Crippen molar-refractivity contribution in [1.82, 2.24) is 5.43 Å². The number of hydrogen-bond donors (Lipinski definition) is 2. The predicted molar refractivity (Wildman–Crippen MR) is 122 cm³/mol. The van der Waals surface area contributed by atoms with Crippen molar-refractivity contribution in [3.05, 3.63) is 88.4 Å². The van der Waals surface area contributed by atoms with Crippen molar-refractivity contribution >= 4 is 39.5 Å². The first-order chi connectivity index (χ1) is 14.5. The maximum Gasteiger partial charge on any atom is 0.277 e. The molecule has 0 aliphatic carbocycles. The number of phenolic OH excluding ortho intramolecular Hbond substituents is 1. The van der Waals surface area contributed by atoms with Crippen LogP contribution >= 0.6 is 15.9 Å². The average molecular weight is 466 g/mol. The lowest BCUT2D eigenvalue weighted by molar-refractivity contribution is -0.123. The number of amides is 1. The van der Waals surface area contributed by atoms with E-state index in [0.29, 0.717) is 17.0 Å². The highest BCUT2D eigenvalue weighted by Gasteiger charge is 2.03. The van der Waals surface area contributed by atoms with E-state index in [-0.39, 0.29) is 18.3 Å². The second kappa shape index (κ2) is 10.4. The van der Waals surface area contributed by atoms with Gasteiger partial charge in [0.15, 0.2) is 6.61 Å². The van der Waals surface area contributed by atoms with Gasteiger partial charge in [-0.3, -0.25) is 9.79 Å². The van der Waals surface area contributed by atoms with E-state index in [2.05, 4.69) is 31.4 Å². The zero-order chi connectivity index (χ0) is 21.3. The van der Waals surface area contributed by atoms with E-state index >= 15 is 0 Å². The molecular formula is C23H20BrN3O3. The molecule has 0 radical (unpaired) electrons. The van der Waals surface area contributed by atoms with Crippen molar-refractivity contribution in [3.8, 4) is 11.5 Å². The number of rotatable bonds is 7. The Bertz CT molecular complexity index is 1060. The molecule has 0 unspecified atom stereocenters. The summed E-state index contributed by atoms with van der Waals surface area (Å²) in [4.78, 5) is 16.3. The van der Waals surface area contributed by atoms with Crippen LogP contribution in [0.25, 0.3) is 0 Å². The monoisotopic (exact) mass is 465 g/mol. The number of hydrogen-bond acceptors (Lipinski definition) is 5. The van der Waals surface area contributed by atoms with Crippen LogP contribution in [-0.4, -0.2) is 29.5 Å². The SMILES string of the molecule is CC(=NNC(=O)COc1ccccc1)c1ccc(N=Cc2cc(Br)ccc2O)cc1. The molecule has 0 saturated carbocycles. The Hall–Kier alpha value is -3.45. The summed E-state index contributed by atoms with van der Waals surface area (Å²) in [7, 11) is 0. The molecule has 0 aliphatic heterocycles. The van der Waals surface area contributed by atoms with Gasteiger partial charge < -0.3 is 9.84 Å². The molecule has 0 bridgehead atoms. The normalized spacial score (nSPS) is 11.5. The van der Waals surface area contributed by atoms with Gasteiger partial charge in [0.05, 0.1) is 11.4 Å². The minimum absolute atomic E-state index is 0.114. The second-order valence-corrected chi connectivity index (χ2v) is 7.26. The zero-order valence-electron chi connectivity index (χ0n) is 16.2. The zero-order valence-corrected chi connectivity index (χ0v) is 17.8. The number of aromatic hydroxyl groups is 1. The van der Waals surface area contributed by atoms with Crippen LogP contribution in [-0.2, 0) is 4.79 Å². The third-order valence-electron chi connectivity index (χ3n) is 4.09. The summed E-state index contributed by atoms with van der Waals surface area (Å²) in [5.41, 5.74) is 5.34. The van der Waals surface area contributed by atoms with Crippen molar-refractivity contribution in [1.29, 1.82) is 0 Å². The summed E-state index contributed by atoms with van der Waals surface area (Å²) < 4.78 is 6.24. The Labute approximate surface area is 183 Å². The van der Waals surface area contributed by atoms with Gasteiger partial charge in [0.1, 0.15) is 11.5 Å². The summed E-state index contributed by atoms with van der Waals surface area (Å²) in [6.07, 6.45) is 1.60. The quantitative estimate of drug-likeness (QED) is 0.387. The predicted octanol–water partition coefficient (Wildman–Crippen LogP) is 4.82. The van der Waals surface area contributed by atoms with Crippen LogP contribution in [0.1, 0.15) is 18.1 Å². The number of nitrogens with zero attached hydrogens (tertiary/aromatic N) is 2. The standard InChI is InChI=1S/C23H20BrN3O3/c1-16(26-27-23(29)15-30-21-5-3-2-4-6-21)17-7-10-20(11-8-17)25-14-18-13-19(24)9-12-22(18)28/h2-14,28H,15H2,1H3,(H,27,29). The fourth-order valence-electron chi connectivity index (χ4n) is 2.47. The summed E-state index contributed by atoms with van der Waals surface area (Å²) in [6, 6.07) is 21.7. The first kappa shape index (κ1) is 21.3. The fraction of sp³-hybridized carbons (Fsp3) is 0.0870. The third kappa shape index (κ3) is 6.28. The average Bonchev–Trinajstić information content (AvgIpc) is 2.77. The molecule has 2 N–H and O–H groups in total. The van der Waals surface area contributed by atoms with Gasteiger partial charge in [0.25, 0.3) is 5.91 Å². The largest absolute Gasteiger partial charge is 0.507 e. The number of carbonyl (C=O) groups is 1. The van der Waals surface area contributed by atoms with E-state index in [1.165, 1.54) is 0 Å². The molecule has 0 spiro atoms. The van der Waals surface area contributed by atoms with Crippen LogP contribution in [0.15, 0.2) is 87.4 Å². The van der Waals surface area contributed by atoms with Crippen molar-refractivity contribution in [2.24, 2.45) is 10.1 Å². The Morgan fingerprint density at radius 2 is 1.83 bits per heavy atom. The number of hydrazone groups is 1. The van der Waals surface area contributed by atoms with Gasteiger partial charge in [0, 0.05) is 16.3 Å². The van der Waals surface area contributed by atoms with Crippen molar-refractivity contribution in [2.75, 3.05) is 6.61 Å². The van der Waals surface area contributed by atoms with Crippen molar-refractivity contribution in [3.63, 3.8) is 0 Å². The number of para-hydroxylation sites is 1. The van der Waals surface area contributed by atoms with Crippen LogP contribution in [0, 0.1) is 0 Å². The van der Waals surface area contributed by atoms with Crippen LogP contribution in [0.2, 0.25) is 0 Å². The highest BCUT2D eigenvalue weighted by molar-refractivity contribution is 9.10. The summed E-state index contributed by atoms with van der Waals surface area (Å²) in [5.74, 6) is 0.447. The van der Waals surface area contributed by atoms with Gasteiger partial charge in [-0.05, 0) is 55.0 Å². The minimum atomic E-state index is -0.340. The molecule has 0 fully saturated rings. The number of benzene rings is 3. The smallest absolute Gasteiger partial charge is 0.277 e. The highest BCUT2D eigenvalue weighted by Crippen LogP contribution is 2.21. The Morgan fingerprint density at radius 1 is 1.10 bits per heavy atom. The van der Waals surface area contributed by atoms with Gasteiger partial charge >= 0.3 is 0 Å². The van der Waals surface area contributed by atoms with Crippen LogP contribution in [0.3, 0.4) is 0 Å². The first-order valence-corrected chi connectivity index (χ1v) is 9.94. The van der Waals surface area contributed by atoms with Crippen molar-refractivity contribution < 1.29 is 14.6 Å². The molecule has 0 heterocycles. The van der Waals surface area contributed by atoms with Crippen LogP contribution < -0.4 is 10.2 Å². The molecule has 3 rings (SSSR count). The van der Waals surface area contributed by atoms with Crippen LogP contribution in [0.5, 0.6) is 11.5 Å². The first-order valence-electron chi connectivity index (χ1n) is 9.15. The van der Waals surface area contributed by atoms with Crippen LogP contribution in [0.4, 0.5) is 5.69 Å². The molecule has 1 amide bonds. The lowest BCUT2D eigenvalue weighted by Gasteiger charge is -2.06. The second-order valence-electron chi connectivity index (χ2n) is 6.34. The lowest BCUT2D eigenvalue weighted by Crippen LogP contribution is -2.25. The molecule has 0 aromatic heterocycles. The molecule has 6 nitrogen and oxygen atoms in total. The maximum atomic E-state index is 11.9. The highest BCUT2D eigenvalue weighted by atomic mass is 79.9. The Morgan fingerprint density at radius 3 is 2.57 bits per heavy atom. The summed E-state index contributed by atoms with van der Waals surface area (Å²) in [5, 5.41) is 14.0. The fourth-order valence-corrected chi connectivity index (χ4v) is 2.85. The number of halogens is 1. The number of nitrogens with one attached hydrogen (secondary N) is 1. The van der Waals surface area contributed by atoms with Gasteiger partial charge in [0.2, 0.25) is 0 Å². The molecule has 152 valence electrons. The molecule has 3 aromatic rings. The molecular weight excluding hydrogens is 446 g/mol. The van der Waals surface area contributed by atoms with E-state index in [9.17, 15) is 9.90 Å². The minimum Gasteiger partial charge on any atom is -0.507 e. The van der Waals surface area contributed by atoms with E-state index in [1.54, 1.807) is 43.5 Å². The summed E-state index contributed by atoms with van der Waals surface area (Å²) in [6.45, 7) is 1.69.